The van der Waals surface area contributed by atoms with E-state index in [0.717, 1.165) is 0 Å². The van der Waals surface area contributed by atoms with Crippen LogP contribution in [0.15, 0.2) is 18.2 Å². The molecule has 2 saturated heterocycles. The molecule has 0 bridgehead atoms. The fourth-order valence-electron chi connectivity index (χ4n) is 4.16. The molecule has 0 saturated carbocycles. The Morgan fingerprint density at radius 3 is 2.46 bits per heavy atom. The lowest BCUT2D eigenvalue weighted by Gasteiger charge is -2.42. The van der Waals surface area contributed by atoms with Crippen LogP contribution in [0.25, 0.3) is 0 Å². The number of nitrogens with zero attached hydrogens (tertiary/aromatic N) is 1. The molecule has 2 fully saturated rings. The number of piperidine rings is 2. The molecular formula is C23H31ClN4O7. The highest BCUT2D eigenvalue weighted by molar-refractivity contribution is 6.33. The van der Waals surface area contributed by atoms with Gasteiger partial charge in [-0.2, -0.15) is 0 Å². The van der Waals surface area contributed by atoms with Crippen molar-refractivity contribution in [2.45, 2.75) is 69.7 Å². The van der Waals surface area contributed by atoms with Crippen molar-refractivity contribution in [1.82, 2.24) is 10.6 Å². The Morgan fingerprint density at radius 1 is 1.26 bits per heavy atom. The van der Waals surface area contributed by atoms with Crippen LogP contribution in [-0.2, 0) is 19.1 Å². The molecule has 2 unspecified atom stereocenters. The maximum atomic E-state index is 12.1. The van der Waals surface area contributed by atoms with Gasteiger partial charge in [-0.1, -0.05) is 11.6 Å². The molecule has 0 aliphatic carbocycles. The second-order valence-corrected chi connectivity index (χ2v) is 10.2. The van der Waals surface area contributed by atoms with Crippen molar-refractivity contribution >= 4 is 46.9 Å². The first-order valence-corrected chi connectivity index (χ1v) is 11.7. The minimum absolute atomic E-state index is 0.0758. The molecule has 11 nitrogen and oxygen atoms in total. The third-order valence-electron chi connectivity index (χ3n) is 5.94. The fourth-order valence-corrected chi connectivity index (χ4v) is 4.46. The van der Waals surface area contributed by atoms with Crippen molar-refractivity contribution in [3.63, 3.8) is 0 Å². The maximum absolute atomic E-state index is 12.1. The number of halogens is 1. The third kappa shape index (κ3) is 6.76. The van der Waals surface area contributed by atoms with E-state index in [-0.39, 0.29) is 31.1 Å². The van der Waals surface area contributed by atoms with Gasteiger partial charge in [0.25, 0.3) is 0 Å². The lowest BCUT2D eigenvalue weighted by Crippen LogP contribution is -2.61. The van der Waals surface area contributed by atoms with E-state index >= 15 is 0 Å². The summed E-state index contributed by atoms with van der Waals surface area (Å²) in [4.78, 5) is 49.2. The van der Waals surface area contributed by atoms with Crippen LogP contribution in [0.5, 0.6) is 0 Å². The number of carbonyl (C=O) groups excluding carboxylic acids is 3. The zero-order valence-corrected chi connectivity index (χ0v) is 20.6. The van der Waals surface area contributed by atoms with Gasteiger partial charge in [0.15, 0.2) is 6.04 Å². The Labute approximate surface area is 208 Å². The Morgan fingerprint density at radius 2 is 1.91 bits per heavy atom. The molecule has 0 spiro atoms. The van der Waals surface area contributed by atoms with Crippen molar-refractivity contribution in [1.29, 1.82) is 0 Å². The summed E-state index contributed by atoms with van der Waals surface area (Å²) >= 11 is 6.49. The number of benzene rings is 1. The predicted octanol–water partition coefficient (Wildman–Crippen LogP) is 1.87. The highest BCUT2D eigenvalue weighted by Crippen LogP contribution is 2.34. The van der Waals surface area contributed by atoms with Gasteiger partial charge in [0, 0.05) is 25.2 Å². The summed E-state index contributed by atoms with van der Waals surface area (Å²) in [5.41, 5.74) is -1.17. The highest BCUT2D eigenvalue weighted by Gasteiger charge is 2.45. The number of carboxylic acid groups (broad SMARTS) is 1. The van der Waals surface area contributed by atoms with Crippen LogP contribution < -0.4 is 20.9 Å². The molecule has 3 amide bonds. The van der Waals surface area contributed by atoms with Crippen molar-refractivity contribution in [2.75, 3.05) is 23.3 Å². The number of imide groups is 1. The first kappa shape index (κ1) is 26.6. The van der Waals surface area contributed by atoms with E-state index in [1.165, 1.54) is 0 Å². The number of hydrogen-bond donors (Lipinski definition) is 5. The zero-order valence-electron chi connectivity index (χ0n) is 19.9. The number of amides is 3. The number of alkyl carbamates (subject to hydrolysis) is 1. The van der Waals surface area contributed by atoms with Gasteiger partial charge in [-0.05, 0) is 58.2 Å². The van der Waals surface area contributed by atoms with Gasteiger partial charge >= 0.3 is 12.1 Å². The van der Waals surface area contributed by atoms with Crippen LogP contribution in [0.2, 0.25) is 5.02 Å². The van der Waals surface area contributed by atoms with Gasteiger partial charge in [0.2, 0.25) is 11.8 Å². The van der Waals surface area contributed by atoms with Crippen LogP contribution in [0, 0.1) is 0 Å². The first-order chi connectivity index (χ1) is 16.3. The largest absolute Gasteiger partial charge is 0.480 e. The molecule has 5 N–H and O–H groups in total. The van der Waals surface area contributed by atoms with Crippen molar-refractivity contribution in [3.05, 3.63) is 23.2 Å². The van der Waals surface area contributed by atoms with Crippen LogP contribution in [0.1, 0.15) is 46.5 Å². The summed E-state index contributed by atoms with van der Waals surface area (Å²) in [5.74, 6) is -2.03. The summed E-state index contributed by atoms with van der Waals surface area (Å²) in [6.45, 7) is 5.58. The lowest BCUT2D eigenvalue weighted by molar-refractivity contribution is -0.148. The highest BCUT2D eigenvalue weighted by atomic mass is 35.5. The molecule has 2 aliphatic rings. The number of aliphatic hydroxyl groups is 1. The number of anilines is 2. The van der Waals surface area contributed by atoms with Crippen LogP contribution in [0.4, 0.5) is 16.2 Å². The minimum atomic E-state index is -1.67. The molecule has 0 radical (unpaired) electrons. The summed E-state index contributed by atoms with van der Waals surface area (Å²) < 4.78 is 5.14. The topological polar surface area (TPSA) is 157 Å². The second kappa shape index (κ2) is 10.3. The lowest BCUT2D eigenvalue weighted by atomic mass is 9.84. The average Bonchev–Trinajstić information content (AvgIpc) is 2.73. The molecular weight excluding hydrogens is 480 g/mol. The summed E-state index contributed by atoms with van der Waals surface area (Å²) in [5, 5.41) is 28.8. The van der Waals surface area contributed by atoms with Crippen LogP contribution in [-0.4, -0.2) is 70.5 Å². The van der Waals surface area contributed by atoms with E-state index < -0.39 is 35.3 Å². The molecule has 1 aromatic rings. The molecule has 3 rings (SSSR count). The Hall–Kier alpha value is -3.05. The fraction of sp³-hybridized carbons (Fsp3) is 0.565. The van der Waals surface area contributed by atoms with Gasteiger partial charge in [-0.25, -0.2) is 9.59 Å². The van der Waals surface area contributed by atoms with Crippen molar-refractivity contribution < 1.29 is 34.1 Å². The van der Waals surface area contributed by atoms with Gasteiger partial charge in [-0.3, -0.25) is 14.9 Å². The molecule has 2 aliphatic heterocycles. The van der Waals surface area contributed by atoms with E-state index in [1.54, 1.807) is 39.0 Å². The number of hydrogen-bond acceptors (Lipinski definition) is 8. The molecule has 35 heavy (non-hydrogen) atoms. The molecule has 2 heterocycles. The third-order valence-corrected chi connectivity index (χ3v) is 6.25. The summed E-state index contributed by atoms with van der Waals surface area (Å²) in [6.07, 6.45) is -0.121. The molecule has 192 valence electrons. The quantitative estimate of drug-likeness (QED) is 0.360. The number of ether oxygens (including phenoxy) is 1. The monoisotopic (exact) mass is 510 g/mol. The number of carboxylic acids is 1. The van der Waals surface area contributed by atoms with Crippen molar-refractivity contribution in [2.24, 2.45) is 0 Å². The SMILES string of the molecule is CC(C)(C)OC(=O)NC(C(=O)O)C1(O)CCN(c2ccc(NC3CCC(=O)NC3=O)cc2Cl)CC1. The van der Waals surface area contributed by atoms with Gasteiger partial charge < -0.3 is 30.5 Å². The van der Waals surface area contributed by atoms with Crippen LogP contribution in [0.3, 0.4) is 0 Å². The van der Waals surface area contributed by atoms with Gasteiger partial charge in [0.1, 0.15) is 11.6 Å². The Bertz CT molecular complexity index is 1000. The van der Waals surface area contributed by atoms with E-state index in [0.29, 0.717) is 35.9 Å². The predicted molar refractivity (Wildman–Crippen MR) is 128 cm³/mol. The van der Waals surface area contributed by atoms with E-state index in [9.17, 15) is 29.4 Å². The minimum Gasteiger partial charge on any atom is -0.480 e. The standard InChI is InChI=1S/C23H31ClN4O7/c1-22(2,3)35-21(33)27-18(20(31)32)23(34)8-10-28(11-9-23)16-6-4-13(12-14(16)24)25-15-5-7-17(29)26-19(15)30/h4,6,12,15,18,25,34H,5,7-11H2,1-3H3,(H,27,33)(H,31,32)(H,26,29,30). The smallest absolute Gasteiger partial charge is 0.408 e. The number of aliphatic carboxylic acids is 1. The van der Waals surface area contributed by atoms with E-state index in [1.807, 2.05) is 4.90 Å². The van der Waals surface area contributed by atoms with E-state index in [4.69, 9.17) is 16.3 Å². The van der Waals surface area contributed by atoms with Crippen LogP contribution >= 0.6 is 11.6 Å². The van der Waals surface area contributed by atoms with Crippen molar-refractivity contribution in [3.8, 4) is 0 Å². The first-order valence-electron chi connectivity index (χ1n) is 11.4. The van der Waals surface area contributed by atoms with E-state index in [2.05, 4.69) is 16.0 Å². The summed E-state index contributed by atoms with van der Waals surface area (Å²) in [7, 11) is 0. The van der Waals surface area contributed by atoms with Gasteiger partial charge in [-0.15, -0.1) is 0 Å². The molecule has 12 heteroatoms. The summed E-state index contributed by atoms with van der Waals surface area (Å²) in [6, 6.07) is 3.13. The number of rotatable bonds is 6. The molecule has 1 aromatic carbocycles. The normalized spacial score (nSPS) is 21.1. The zero-order chi connectivity index (χ0) is 26.0. The Kier molecular flexibility index (Phi) is 7.80. The second-order valence-electron chi connectivity index (χ2n) is 9.82. The molecule has 0 aromatic heterocycles. The Balaban J connectivity index is 1.63. The average molecular weight is 511 g/mol. The number of carbonyl (C=O) groups is 4. The van der Waals surface area contributed by atoms with Gasteiger partial charge in [0.05, 0.1) is 16.3 Å². The maximum Gasteiger partial charge on any atom is 0.408 e. The number of nitrogens with one attached hydrogen (secondary N) is 3. The molecule has 2 atom stereocenters.